The highest BCUT2D eigenvalue weighted by Gasteiger charge is 2.16. The Labute approximate surface area is 295 Å². The molecular formula is C44H81O3. The number of hydrogen-bond donors (Lipinski definition) is 0. The van der Waals surface area contributed by atoms with Crippen molar-refractivity contribution < 1.29 is 14.2 Å². The van der Waals surface area contributed by atoms with Crippen molar-refractivity contribution in [2.45, 2.75) is 220 Å². The van der Waals surface area contributed by atoms with Gasteiger partial charge in [-0.2, -0.15) is 0 Å². The predicted molar refractivity (Wildman–Crippen MR) is 208 cm³/mol. The highest BCUT2D eigenvalue weighted by Crippen LogP contribution is 2.40. The fourth-order valence-corrected chi connectivity index (χ4v) is 6.44. The first-order valence-electron chi connectivity index (χ1n) is 21.1. The summed E-state index contributed by atoms with van der Waals surface area (Å²) in [7, 11) is 0. The van der Waals surface area contributed by atoms with Gasteiger partial charge in [0.1, 0.15) is 0 Å². The van der Waals surface area contributed by atoms with Crippen molar-refractivity contribution >= 4 is 0 Å². The molecule has 47 heavy (non-hydrogen) atoms. The third-order valence-electron chi connectivity index (χ3n) is 9.62. The maximum Gasteiger partial charge on any atom is 0.203 e. The van der Waals surface area contributed by atoms with Crippen LogP contribution in [0.4, 0.5) is 0 Å². The van der Waals surface area contributed by atoms with E-state index in [2.05, 4.69) is 39.8 Å². The third kappa shape index (κ3) is 26.2. The number of ether oxygens (including phenoxy) is 3. The van der Waals surface area contributed by atoms with Crippen LogP contribution in [0.2, 0.25) is 0 Å². The zero-order valence-corrected chi connectivity index (χ0v) is 32.1. The van der Waals surface area contributed by atoms with Crippen molar-refractivity contribution in [3.8, 4) is 17.2 Å². The van der Waals surface area contributed by atoms with Crippen LogP contribution in [0.25, 0.3) is 0 Å². The molecule has 1 aromatic rings. The van der Waals surface area contributed by atoms with Crippen LogP contribution in [-0.4, -0.2) is 19.8 Å². The average molecular weight is 658 g/mol. The number of benzene rings is 1. The third-order valence-corrected chi connectivity index (χ3v) is 9.62. The lowest BCUT2D eigenvalue weighted by Gasteiger charge is -2.19. The molecule has 3 nitrogen and oxygen atoms in total. The normalized spacial score (nSPS) is 11.3. The van der Waals surface area contributed by atoms with Gasteiger partial charge in [-0.15, -0.1) is 0 Å². The Kier molecular flexibility index (Phi) is 32.0. The van der Waals surface area contributed by atoms with Gasteiger partial charge >= 0.3 is 0 Å². The molecule has 0 N–H and O–H groups in total. The SMILES string of the molecule is [CH2]Cc1cc(OCCCCCCCCCCCC)c(OCCCCCCCCCCCC)c(OCCCCCCCCCCCC)c1. The van der Waals surface area contributed by atoms with Crippen LogP contribution in [0.15, 0.2) is 12.1 Å². The van der Waals surface area contributed by atoms with E-state index in [1.165, 1.54) is 173 Å². The van der Waals surface area contributed by atoms with Crippen LogP contribution < -0.4 is 14.2 Å². The number of rotatable bonds is 37. The van der Waals surface area contributed by atoms with E-state index in [0.29, 0.717) is 0 Å². The second-order valence-corrected chi connectivity index (χ2v) is 14.3. The van der Waals surface area contributed by atoms with Crippen LogP contribution in [-0.2, 0) is 6.42 Å². The minimum atomic E-state index is 0.724. The number of unbranched alkanes of at least 4 members (excludes halogenated alkanes) is 27. The molecular weight excluding hydrogens is 576 g/mol. The van der Waals surface area contributed by atoms with Crippen molar-refractivity contribution in [2.75, 3.05) is 19.8 Å². The van der Waals surface area contributed by atoms with Gasteiger partial charge in [-0.25, -0.2) is 0 Å². The summed E-state index contributed by atoms with van der Waals surface area (Å²) in [5.41, 5.74) is 1.16. The van der Waals surface area contributed by atoms with Crippen molar-refractivity contribution in [2.24, 2.45) is 0 Å². The Bertz CT molecular complexity index is 728. The van der Waals surface area contributed by atoms with Crippen molar-refractivity contribution in [1.82, 2.24) is 0 Å². The Morgan fingerprint density at radius 1 is 0.362 bits per heavy atom. The summed E-state index contributed by atoms with van der Waals surface area (Å²) in [6, 6.07) is 4.29. The Morgan fingerprint density at radius 2 is 0.617 bits per heavy atom. The first-order chi connectivity index (χ1) is 23.3. The lowest BCUT2D eigenvalue weighted by Crippen LogP contribution is -2.07. The highest BCUT2D eigenvalue weighted by molar-refractivity contribution is 5.54. The molecule has 0 aliphatic heterocycles. The molecule has 0 bridgehead atoms. The van der Waals surface area contributed by atoms with Gasteiger partial charge < -0.3 is 14.2 Å². The number of hydrogen-bond acceptors (Lipinski definition) is 3. The molecule has 0 aromatic heterocycles. The van der Waals surface area contributed by atoms with E-state index in [9.17, 15) is 0 Å². The monoisotopic (exact) mass is 658 g/mol. The maximum atomic E-state index is 6.47. The van der Waals surface area contributed by atoms with Crippen molar-refractivity contribution in [1.29, 1.82) is 0 Å². The summed E-state index contributed by atoms with van der Waals surface area (Å²) in [5, 5.41) is 0. The van der Waals surface area contributed by atoms with Gasteiger partial charge in [-0.05, 0) is 50.3 Å². The van der Waals surface area contributed by atoms with E-state index in [4.69, 9.17) is 14.2 Å². The average Bonchev–Trinajstić information content (AvgIpc) is 3.09. The van der Waals surface area contributed by atoms with Gasteiger partial charge in [0.05, 0.1) is 19.8 Å². The summed E-state index contributed by atoms with van der Waals surface area (Å²) in [6.45, 7) is 13.2. The standard InChI is InChI=1S/C44H81O3/c1-5-9-12-15-18-21-24-27-30-33-36-45-42-39-41(8-4)40-43(46-37-34-31-28-25-22-19-16-13-10-6-2)44(42)47-38-35-32-29-26-23-20-17-14-11-7-3/h39-40H,4-38H2,1-3H3. The van der Waals surface area contributed by atoms with E-state index in [0.717, 1.165) is 68.3 Å². The molecule has 0 aliphatic rings. The molecule has 0 unspecified atom stereocenters. The Morgan fingerprint density at radius 3 is 0.894 bits per heavy atom. The topological polar surface area (TPSA) is 27.7 Å². The lowest BCUT2D eigenvalue weighted by atomic mass is 10.1. The van der Waals surface area contributed by atoms with Gasteiger partial charge in [0, 0.05) is 0 Å². The second kappa shape index (κ2) is 34.5. The van der Waals surface area contributed by atoms with Gasteiger partial charge in [-0.1, -0.05) is 194 Å². The summed E-state index contributed by atoms with van der Waals surface area (Å²) in [4.78, 5) is 0. The van der Waals surface area contributed by atoms with E-state index in [1.54, 1.807) is 0 Å². The zero-order chi connectivity index (χ0) is 33.9. The minimum absolute atomic E-state index is 0.724. The van der Waals surface area contributed by atoms with Crippen LogP contribution in [0, 0.1) is 6.92 Å². The fourth-order valence-electron chi connectivity index (χ4n) is 6.44. The largest absolute Gasteiger partial charge is 0.490 e. The smallest absolute Gasteiger partial charge is 0.203 e. The van der Waals surface area contributed by atoms with E-state index in [-0.39, 0.29) is 0 Å². The molecule has 275 valence electrons. The predicted octanol–water partition coefficient (Wildman–Crippen LogP) is 15.0. The second-order valence-electron chi connectivity index (χ2n) is 14.3. The molecule has 0 atom stereocenters. The van der Waals surface area contributed by atoms with Crippen LogP contribution in [0.1, 0.15) is 219 Å². The molecule has 0 saturated carbocycles. The molecule has 0 heterocycles. The van der Waals surface area contributed by atoms with Crippen LogP contribution >= 0.6 is 0 Å². The first kappa shape index (κ1) is 43.6. The maximum absolute atomic E-state index is 6.47. The molecule has 0 saturated heterocycles. The lowest BCUT2D eigenvalue weighted by molar-refractivity contribution is 0.234. The van der Waals surface area contributed by atoms with Crippen molar-refractivity contribution in [3.63, 3.8) is 0 Å². The van der Waals surface area contributed by atoms with Crippen LogP contribution in [0.5, 0.6) is 17.2 Å². The summed E-state index contributed by atoms with van der Waals surface area (Å²) >= 11 is 0. The van der Waals surface area contributed by atoms with Gasteiger partial charge in [-0.3, -0.25) is 0 Å². The van der Waals surface area contributed by atoms with E-state index < -0.39 is 0 Å². The molecule has 0 aliphatic carbocycles. The molecule has 1 rings (SSSR count). The van der Waals surface area contributed by atoms with Gasteiger partial charge in [0.15, 0.2) is 11.5 Å². The van der Waals surface area contributed by atoms with Gasteiger partial charge in [0.25, 0.3) is 0 Å². The summed E-state index contributed by atoms with van der Waals surface area (Å²) < 4.78 is 19.3. The Balaban J connectivity index is 2.54. The first-order valence-corrected chi connectivity index (χ1v) is 21.1. The fraction of sp³-hybridized carbons (Fsp3) is 0.841. The zero-order valence-electron chi connectivity index (χ0n) is 32.1. The molecule has 1 radical (unpaired) electrons. The quantitative estimate of drug-likeness (QED) is 0.0666. The highest BCUT2D eigenvalue weighted by atomic mass is 16.5. The molecule has 1 aromatic carbocycles. The minimum Gasteiger partial charge on any atom is -0.490 e. The molecule has 0 amide bonds. The van der Waals surface area contributed by atoms with Crippen LogP contribution in [0.3, 0.4) is 0 Å². The molecule has 3 heteroatoms. The molecule has 0 fully saturated rings. The summed E-state index contributed by atoms with van der Waals surface area (Å²) in [5.74, 6) is 2.52. The van der Waals surface area contributed by atoms with Crippen molar-refractivity contribution in [3.05, 3.63) is 24.6 Å². The Hall–Kier alpha value is -1.38. The summed E-state index contributed by atoms with van der Waals surface area (Å²) in [6.07, 6.45) is 40.6. The van der Waals surface area contributed by atoms with E-state index >= 15 is 0 Å². The van der Waals surface area contributed by atoms with E-state index in [1.807, 2.05) is 0 Å². The van der Waals surface area contributed by atoms with Gasteiger partial charge in [0.2, 0.25) is 5.75 Å². The molecule has 0 spiro atoms.